The van der Waals surface area contributed by atoms with Gasteiger partial charge < -0.3 is 10.4 Å². The Morgan fingerprint density at radius 2 is 2.00 bits per heavy atom. The summed E-state index contributed by atoms with van der Waals surface area (Å²) in [5.41, 5.74) is -0.168. The van der Waals surface area contributed by atoms with Crippen LogP contribution in [0.4, 0.5) is 0 Å². The number of nitrogens with one attached hydrogen (secondary N) is 1. The molecule has 0 saturated carbocycles. The number of aliphatic carboxylic acids is 1. The maximum Gasteiger partial charge on any atom is 0.330 e. The number of carbonyl (C=O) groups excluding carboxylic acids is 1. The van der Waals surface area contributed by atoms with Crippen LogP contribution in [0.15, 0.2) is 30.3 Å². The minimum Gasteiger partial charge on any atom is -0.479 e. The first-order valence-corrected chi connectivity index (χ1v) is 4.71. The molecule has 0 aromatic heterocycles. The van der Waals surface area contributed by atoms with Crippen molar-refractivity contribution in [2.45, 2.75) is 18.4 Å². The van der Waals surface area contributed by atoms with Crippen LogP contribution in [-0.2, 0) is 16.0 Å². The monoisotopic (exact) mass is 205 g/mol. The van der Waals surface area contributed by atoms with Crippen molar-refractivity contribution in [3.05, 3.63) is 35.9 Å². The highest BCUT2D eigenvalue weighted by Crippen LogP contribution is 2.25. The summed E-state index contributed by atoms with van der Waals surface area (Å²) in [7, 11) is 0. The van der Waals surface area contributed by atoms with Gasteiger partial charge in [0.25, 0.3) is 0 Å². The van der Waals surface area contributed by atoms with Crippen molar-refractivity contribution < 1.29 is 14.7 Å². The summed E-state index contributed by atoms with van der Waals surface area (Å²) in [6.07, 6.45) is 0.409. The minimum absolute atomic E-state index is 0.0667. The molecule has 2 rings (SSSR count). The largest absolute Gasteiger partial charge is 0.479 e. The highest BCUT2D eigenvalue weighted by atomic mass is 16.4. The van der Waals surface area contributed by atoms with Gasteiger partial charge in [0.15, 0.2) is 5.54 Å². The summed E-state index contributed by atoms with van der Waals surface area (Å²) in [5, 5.41) is 11.5. The molecule has 0 radical (unpaired) electrons. The number of carboxylic acids is 1. The van der Waals surface area contributed by atoms with Gasteiger partial charge in [-0.05, 0) is 5.56 Å². The SMILES string of the molecule is O=C1C[C@@](Cc2ccccc2)(C(=O)O)N1. The van der Waals surface area contributed by atoms with Gasteiger partial charge in [0.2, 0.25) is 5.91 Å². The Morgan fingerprint density at radius 1 is 1.40 bits per heavy atom. The van der Waals surface area contributed by atoms with Crippen molar-refractivity contribution in [2.24, 2.45) is 0 Å². The second kappa shape index (κ2) is 3.38. The predicted octanol–water partition coefficient (Wildman–Crippen LogP) is 0.572. The zero-order chi connectivity index (χ0) is 10.9. The Hall–Kier alpha value is -1.84. The van der Waals surface area contributed by atoms with Crippen LogP contribution >= 0.6 is 0 Å². The van der Waals surface area contributed by atoms with Gasteiger partial charge in [-0.1, -0.05) is 30.3 Å². The lowest BCUT2D eigenvalue weighted by Gasteiger charge is -2.38. The van der Waals surface area contributed by atoms with Crippen molar-refractivity contribution in [3.8, 4) is 0 Å². The van der Waals surface area contributed by atoms with Gasteiger partial charge in [0, 0.05) is 6.42 Å². The summed E-state index contributed by atoms with van der Waals surface area (Å²) < 4.78 is 0. The molecular formula is C11H11NO3. The van der Waals surface area contributed by atoms with Crippen LogP contribution in [0, 0.1) is 0 Å². The lowest BCUT2D eigenvalue weighted by molar-refractivity contribution is -0.156. The van der Waals surface area contributed by atoms with E-state index in [9.17, 15) is 9.59 Å². The van der Waals surface area contributed by atoms with Gasteiger partial charge in [-0.15, -0.1) is 0 Å². The van der Waals surface area contributed by atoms with Crippen LogP contribution in [0.2, 0.25) is 0 Å². The van der Waals surface area contributed by atoms with Crippen LogP contribution in [-0.4, -0.2) is 22.5 Å². The molecule has 4 nitrogen and oxygen atoms in total. The summed E-state index contributed by atoms with van der Waals surface area (Å²) in [6.45, 7) is 0. The Bertz CT molecular complexity index is 392. The molecule has 1 aliphatic heterocycles. The van der Waals surface area contributed by atoms with Crippen molar-refractivity contribution in [1.82, 2.24) is 5.32 Å². The molecule has 1 saturated heterocycles. The number of β-lactam (4-membered cyclic amide) rings is 1. The van der Waals surface area contributed by atoms with Gasteiger partial charge in [-0.2, -0.15) is 0 Å². The number of benzene rings is 1. The smallest absolute Gasteiger partial charge is 0.330 e. The first-order valence-electron chi connectivity index (χ1n) is 4.71. The molecule has 1 aliphatic rings. The third kappa shape index (κ3) is 1.70. The molecule has 2 N–H and O–H groups in total. The first-order chi connectivity index (χ1) is 7.12. The maximum absolute atomic E-state index is 11.0. The third-order valence-electron chi connectivity index (χ3n) is 2.60. The molecule has 1 heterocycles. The Balaban J connectivity index is 2.16. The molecule has 0 bridgehead atoms. The minimum atomic E-state index is -1.08. The van der Waals surface area contributed by atoms with Crippen LogP contribution in [0.3, 0.4) is 0 Å². The van der Waals surface area contributed by atoms with E-state index in [4.69, 9.17) is 5.11 Å². The number of amides is 1. The van der Waals surface area contributed by atoms with Crippen molar-refractivity contribution >= 4 is 11.9 Å². The number of carbonyl (C=O) groups is 2. The maximum atomic E-state index is 11.0. The van der Waals surface area contributed by atoms with Gasteiger partial charge in [0.1, 0.15) is 0 Å². The molecule has 1 atom stereocenters. The topological polar surface area (TPSA) is 66.4 Å². The fourth-order valence-electron chi connectivity index (χ4n) is 1.78. The zero-order valence-electron chi connectivity index (χ0n) is 8.06. The molecular weight excluding hydrogens is 194 g/mol. The Kier molecular flexibility index (Phi) is 2.19. The Labute approximate surface area is 86.9 Å². The third-order valence-corrected chi connectivity index (χ3v) is 2.60. The first kappa shape index (κ1) is 9.71. The average Bonchev–Trinajstić information content (AvgIpc) is 2.16. The van der Waals surface area contributed by atoms with E-state index in [0.29, 0.717) is 6.42 Å². The molecule has 0 unspecified atom stereocenters. The normalized spacial score (nSPS) is 24.1. The highest BCUT2D eigenvalue weighted by molar-refractivity contribution is 5.98. The highest BCUT2D eigenvalue weighted by Gasteiger charge is 2.49. The summed E-state index contributed by atoms with van der Waals surface area (Å²) in [6, 6.07) is 9.29. The standard InChI is InChI=1S/C11H11NO3/c13-9-7-11(12-9,10(14)15)6-8-4-2-1-3-5-8/h1-5H,6-7H2,(H,12,13)(H,14,15)/t11-/m0/s1. The van der Waals surface area contributed by atoms with Crippen LogP contribution in [0.5, 0.6) is 0 Å². The van der Waals surface area contributed by atoms with E-state index in [1.165, 1.54) is 0 Å². The molecule has 0 spiro atoms. The van der Waals surface area contributed by atoms with E-state index in [0.717, 1.165) is 5.56 Å². The van der Waals surface area contributed by atoms with E-state index >= 15 is 0 Å². The Morgan fingerprint density at radius 3 is 2.47 bits per heavy atom. The molecule has 1 amide bonds. The fourth-order valence-corrected chi connectivity index (χ4v) is 1.78. The second-order valence-corrected chi connectivity index (χ2v) is 3.77. The quantitative estimate of drug-likeness (QED) is 0.709. The molecule has 1 aromatic rings. The number of hydrogen-bond acceptors (Lipinski definition) is 2. The summed E-state index contributed by atoms with van der Waals surface area (Å²) >= 11 is 0. The average molecular weight is 205 g/mol. The lowest BCUT2D eigenvalue weighted by atomic mass is 9.81. The molecule has 0 aliphatic carbocycles. The van der Waals surface area contributed by atoms with Gasteiger partial charge in [0.05, 0.1) is 6.42 Å². The van der Waals surface area contributed by atoms with Crippen molar-refractivity contribution in [1.29, 1.82) is 0 Å². The molecule has 1 aromatic carbocycles. The van der Waals surface area contributed by atoms with E-state index in [-0.39, 0.29) is 12.3 Å². The fraction of sp³-hybridized carbons (Fsp3) is 0.273. The summed E-state index contributed by atoms with van der Waals surface area (Å²) in [4.78, 5) is 21.9. The van der Waals surface area contributed by atoms with E-state index in [2.05, 4.69) is 5.32 Å². The number of rotatable bonds is 3. The van der Waals surface area contributed by atoms with Gasteiger partial charge in [-0.25, -0.2) is 4.79 Å². The van der Waals surface area contributed by atoms with Crippen LogP contribution < -0.4 is 5.32 Å². The van der Waals surface area contributed by atoms with Crippen LogP contribution in [0.1, 0.15) is 12.0 Å². The molecule has 1 fully saturated rings. The molecule has 15 heavy (non-hydrogen) atoms. The second-order valence-electron chi connectivity index (χ2n) is 3.77. The van der Waals surface area contributed by atoms with Crippen molar-refractivity contribution in [2.75, 3.05) is 0 Å². The van der Waals surface area contributed by atoms with E-state index in [1.54, 1.807) is 0 Å². The zero-order valence-corrected chi connectivity index (χ0v) is 8.06. The molecule has 4 heteroatoms. The number of hydrogen-bond donors (Lipinski definition) is 2. The number of carboxylic acid groups (broad SMARTS) is 1. The van der Waals surface area contributed by atoms with Crippen LogP contribution in [0.25, 0.3) is 0 Å². The van der Waals surface area contributed by atoms with Gasteiger partial charge >= 0.3 is 5.97 Å². The molecule has 78 valence electrons. The summed E-state index contributed by atoms with van der Waals surface area (Å²) in [5.74, 6) is -1.17. The predicted molar refractivity (Wildman–Crippen MR) is 53.3 cm³/mol. The van der Waals surface area contributed by atoms with E-state index < -0.39 is 11.5 Å². The van der Waals surface area contributed by atoms with Gasteiger partial charge in [-0.3, -0.25) is 4.79 Å². The van der Waals surface area contributed by atoms with E-state index in [1.807, 2.05) is 30.3 Å². The van der Waals surface area contributed by atoms with Crippen molar-refractivity contribution in [3.63, 3.8) is 0 Å². The lowest BCUT2D eigenvalue weighted by Crippen LogP contribution is -2.66.